The van der Waals surface area contributed by atoms with E-state index >= 15 is 0 Å². The molecule has 1 aromatic carbocycles. The standard InChI is InChI=1S/C31H44N4O4/c1-5-35(24-6-9-38-10-7-24)29-16-23(27-15-22(27)13-25-17-32-8-11-39-25)14-26(21(29)4)30(36)33-18-28-19(2)12-20(3)34-31(28)37/h12,14,16,22,24-25,27,32H,5-11,13,15,17-18H2,1-4H3,(H,33,36)(H,34,37). The molecular formula is C31H44N4O4. The number of hydrogen-bond acceptors (Lipinski definition) is 6. The van der Waals surface area contributed by atoms with Gasteiger partial charge in [-0.25, -0.2) is 0 Å². The fourth-order valence-corrected chi connectivity index (χ4v) is 6.48. The van der Waals surface area contributed by atoms with E-state index in [-0.39, 0.29) is 24.1 Å². The Balaban J connectivity index is 1.41. The lowest BCUT2D eigenvalue weighted by atomic mass is 9.95. The average molecular weight is 537 g/mol. The van der Waals surface area contributed by atoms with Crippen LogP contribution in [0.25, 0.3) is 0 Å². The first kappa shape index (κ1) is 27.9. The summed E-state index contributed by atoms with van der Waals surface area (Å²) < 4.78 is 11.6. The molecular weight excluding hydrogens is 492 g/mol. The van der Waals surface area contributed by atoms with Gasteiger partial charge in [0, 0.05) is 67.9 Å². The molecule has 3 atom stereocenters. The molecule has 1 amide bonds. The fraction of sp³-hybridized carbons (Fsp3) is 0.613. The quantitative estimate of drug-likeness (QED) is 0.452. The van der Waals surface area contributed by atoms with Crippen LogP contribution in [-0.2, 0) is 16.0 Å². The zero-order chi connectivity index (χ0) is 27.5. The lowest BCUT2D eigenvalue weighted by Gasteiger charge is -2.37. The Hall–Kier alpha value is -2.68. The predicted octanol–water partition coefficient (Wildman–Crippen LogP) is 3.72. The number of aromatic amines is 1. The van der Waals surface area contributed by atoms with Crippen molar-refractivity contribution in [2.45, 2.75) is 78.0 Å². The van der Waals surface area contributed by atoms with Gasteiger partial charge in [-0.05, 0) is 100 Å². The van der Waals surface area contributed by atoms with Crippen molar-refractivity contribution in [3.8, 4) is 0 Å². The van der Waals surface area contributed by atoms with Gasteiger partial charge in [0.05, 0.1) is 12.7 Å². The Bertz CT molecular complexity index is 1230. The summed E-state index contributed by atoms with van der Waals surface area (Å²) in [5.41, 5.74) is 6.26. The number of ether oxygens (including phenoxy) is 2. The van der Waals surface area contributed by atoms with Crippen LogP contribution in [0.5, 0.6) is 0 Å². The van der Waals surface area contributed by atoms with Gasteiger partial charge in [-0.3, -0.25) is 9.59 Å². The molecule has 3 heterocycles. The molecule has 3 N–H and O–H groups in total. The number of benzene rings is 1. The number of H-pyrrole nitrogens is 1. The summed E-state index contributed by atoms with van der Waals surface area (Å²) in [6.45, 7) is 13.3. The summed E-state index contributed by atoms with van der Waals surface area (Å²) >= 11 is 0. The molecule has 3 aliphatic rings. The number of nitrogens with one attached hydrogen (secondary N) is 3. The molecule has 8 nitrogen and oxygen atoms in total. The van der Waals surface area contributed by atoms with E-state index in [1.165, 1.54) is 5.56 Å². The van der Waals surface area contributed by atoms with Crippen molar-refractivity contribution in [1.82, 2.24) is 15.6 Å². The number of amides is 1. The SMILES string of the molecule is CCN(c1cc(C2CC2CC2CNCCO2)cc(C(=O)NCc2c(C)cc(C)[nH]c2=O)c1C)C1CCOCC1. The van der Waals surface area contributed by atoms with Crippen LogP contribution in [0.2, 0.25) is 0 Å². The van der Waals surface area contributed by atoms with Gasteiger partial charge in [-0.1, -0.05) is 0 Å². The van der Waals surface area contributed by atoms with E-state index in [0.29, 0.717) is 29.0 Å². The van der Waals surface area contributed by atoms with Gasteiger partial charge < -0.3 is 30.0 Å². The van der Waals surface area contributed by atoms with Gasteiger partial charge in [-0.15, -0.1) is 0 Å². The van der Waals surface area contributed by atoms with Crippen LogP contribution in [0.3, 0.4) is 0 Å². The minimum atomic E-state index is -0.143. The Morgan fingerprint density at radius 2 is 1.92 bits per heavy atom. The molecule has 5 rings (SSSR count). The lowest BCUT2D eigenvalue weighted by Crippen LogP contribution is -2.40. The highest BCUT2D eigenvalue weighted by molar-refractivity contribution is 5.97. The van der Waals surface area contributed by atoms with Gasteiger partial charge in [0.25, 0.3) is 11.5 Å². The first-order valence-electron chi connectivity index (χ1n) is 14.6. The van der Waals surface area contributed by atoms with Gasteiger partial charge >= 0.3 is 0 Å². The maximum Gasteiger partial charge on any atom is 0.253 e. The molecule has 2 aliphatic heterocycles. The topological polar surface area (TPSA) is 95.7 Å². The van der Waals surface area contributed by atoms with Crippen molar-refractivity contribution in [1.29, 1.82) is 0 Å². The van der Waals surface area contributed by atoms with Crippen molar-refractivity contribution in [3.63, 3.8) is 0 Å². The Kier molecular flexibility index (Phi) is 8.74. The van der Waals surface area contributed by atoms with Crippen molar-refractivity contribution in [2.75, 3.05) is 44.4 Å². The maximum atomic E-state index is 13.7. The van der Waals surface area contributed by atoms with Crippen LogP contribution in [0, 0.1) is 26.7 Å². The van der Waals surface area contributed by atoms with Crippen LogP contribution >= 0.6 is 0 Å². The molecule has 3 unspecified atom stereocenters. The molecule has 3 fully saturated rings. The number of pyridine rings is 1. The molecule has 0 spiro atoms. The van der Waals surface area contributed by atoms with E-state index in [4.69, 9.17) is 9.47 Å². The predicted molar refractivity (Wildman–Crippen MR) is 154 cm³/mol. The molecule has 2 aromatic rings. The highest BCUT2D eigenvalue weighted by Gasteiger charge is 2.41. The van der Waals surface area contributed by atoms with Crippen molar-refractivity contribution in [3.05, 3.63) is 62.1 Å². The van der Waals surface area contributed by atoms with E-state index in [1.807, 2.05) is 19.9 Å². The summed E-state index contributed by atoms with van der Waals surface area (Å²) in [7, 11) is 0. The lowest BCUT2D eigenvalue weighted by molar-refractivity contribution is 0.0199. The average Bonchev–Trinajstić information content (AvgIpc) is 3.69. The van der Waals surface area contributed by atoms with Gasteiger partial charge in [-0.2, -0.15) is 0 Å². The summed E-state index contributed by atoms with van der Waals surface area (Å²) in [6, 6.07) is 6.78. The molecule has 1 aromatic heterocycles. The van der Waals surface area contributed by atoms with Gasteiger partial charge in [0.15, 0.2) is 0 Å². The van der Waals surface area contributed by atoms with E-state index in [2.05, 4.69) is 46.5 Å². The molecule has 39 heavy (non-hydrogen) atoms. The normalized spacial score (nSPS) is 23.4. The van der Waals surface area contributed by atoms with Crippen molar-refractivity contribution in [2.24, 2.45) is 5.92 Å². The van der Waals surface area contributed by atoms with E-state index in [1.54, 1.807) is 0 Å². The first-order chi connectivity index (χ1) is 18.9. The summed E-state index contributed by atoms with van der Waals surface area (Å²) in [6.07, 6.45) is 4.44. The number of aromatic nitrogens is 1. The number of hydrogen-bond donors (Lipinski definition) is 3. The smallest absolute Gasteiger partial charge is 0.253 e. The van der Waals surface area contributed by atoms with Crippen LogP contribution in [0.15, 0.2) is 23.0 Å². The minimum Gasteiger partial charge on any atom is -0.381 e. The number of rotatable bonds is 9. The second-order valence-corrected chi connectivity index (χ2v) is 11.5. The number of morpholine rings is 1. The largest absolute Gasteiger partial charge is 0.381 e. The minimum absolute atomic E-state index is 0.130. The van der Waals surface area contributed by atoms with E-state index in [9.17, 15) is 9.59 Å². The number of carbonyl (C=O) groups is 1. The highest BCUT2D eigenvalue weighted by Crippen LogP contribution is 2.51. The zero-order valence-corrected chi connectivity index (χ0v) is 23.9. The van der Waals surface area contributed by atoms with Crippen molar-refractivity contribution < 1.29 is 14.3 Å². The van der Waals surface area contributed by atoms with E-state index < -0.39 is 0 Å². The highest BCUT2D eigenvalue weighted by atomic mass is 16.5. The molecule has 2 saturated heterocycles. The Morgan fingerprint density at radius 1 is 1.13 bits per heavy atom. The van der Waals surface area contributed by atoms with E-state index in [0.717, 1.165) is 87.6 Å². The fourth-order valence-electron chi connectivity index (χ4n) is 6.48. The number of anilines is 1. The van der Waals surface area contributed by atoms with Crippen LogP contribution in [-0.4, -0.2) is 62.5 Å². The van der Waals surface area contributed by atoms with Gasteiger partial charge in [0.2, 0.25) is 0 Å². The first-order valence-corrected chi connectivity index (χ1v) is 14.6. The monoisotopic (exact) mass is 536 g/mol. The second kappa shape index (κ2) is 12.2. The molecule has 0 bridgehead atoms. The zero-order valence-electron chi connectivity index (χ0n) is 23.9. The molecule has 1 saturated carbocycles. The van der Waals surface area contributed by atoms with Crippen LogP contribution < -0.4 is 21.1 Å². The van der Waals surface area contributed by atoms with Crippen molar-refractivity contribution >= 4 is 11.6 Å². The van der Waals surface area contributed by atoms with Crippen LogP contribution in [0.4, 0.5) is 5.69 Å². The van der Waals surface area contributed by atoms with Gasteiger partial charge in [0.1, 0.15) is 0 Å². The maximum absolute atomic E-state index is 13.7. The summed E-state index contributed by atoms with van der Waals surface area (Å²) in [5, 5.41) is 6.50. The third-order valence-corrected chi connectivity index (χ3v) is 8.77. The molecule has 0 radical (unpaired) electrons. The molecule has 1 aliphatic carbocycles. The summed E-state index contributed by atoms with van der Waals surface area (Å²) in [5.74, 6) is 0.889. The number of carbonyl (C=O) groups excluding carboxylic acids is 1. The van der Waals surface area contributed by atoms with Crippen LogP contribution in [0.1, 0.15) is 76.8 Å². The number of aryl methyl sites for hydroxylation is 2. The molecule has 212 valence electrons. The summed E-state index contributed by atoms with van der Waals surface area (Å²) in [4.78, 5) is 31.5. The Morgan fingerprint density at radius 3 is 2.62 bits per heavy atom. The number of nitrogens with zero attached hydrogens (tertiary/aromatic N) is 1. The molecule has 8 heteroatoms. The third kappa shape index (κ3) is 6.39. The second-order valence-electron chi connectivity index (χ2n) is 11.5. The third-order valence-electron chi connectivity index (χ3n) is 8.77. The Labute approximate surface area is 231 Å².